The molecule has 3 rings (SSSR count). The van der Waals surface area contributed by atoms with Gasteiger partial charge in [0.2, 0.25) is 0 Å². The van der Waals surface area contributed by atoms with E-state index in [1.807, 2.05) is 13.8 Å². The smallest absolute Gasteiger partial charge is 0.325 e. The Morgan fingerprint density at radius 1 is 1.25 bits per heavy atom. The first-order chi connectivity index (χ1) is 13.3. The number of aryl methyl sites for hydroxylation is 2. The minimum absolute atomic E-state index is 0.0820. The van der Waals surface area contributed by atoms with E-state index in [4.69, 9.17) is 27.9 Å². The minimum atomic E-state index is -0.696. The van der Waals surface area contributed by atoms with Gasteiger partial charge in [0.1, 0.15) is 23.8 Å². The number of halogens is 2. The lowest BCUT2D eigenvalue weighted by molar-refractivity contribution is -0.143. The maximum Gasteiger partial charge on any atom is 0.325 e. The number of fused-ring (bicyclic) bond motifs is 1. The standard InChI is InChI=1S/C18H15Cl2N3O4S/c1-8-9(2)28-18-14(8)17(26)22-12(23-18)7-27-13(24)6-21-16(25)15-10(19)4-3-5-11(15)20/h3-5H,6-7H2,1-2H3,(H,21,25)(H,22,23,26). The molecule has 28 heavy (non-hydrogen) atoms. The van der Waals surface area contributed by atoms with Crippen molar-refractivity contribution in [1.82, 2.24) is 15.3 Å². The predicted molar refractivity (Wildman–Crippen MR) is 108 cm³/mol. The number of thiophene rings is 1. The van der Waals surface area contributed by atoms with E-state index in [1.165, 1.54) is 23.5 Å². The number of carbonyl (C=O) groups is 2. The third-order valence-corrected chi connectivity index (χ3v) is 5.77. The summed E-state index contributed by atoms with van der Waals surface area (Å²) in [6.07, 6.45) is 0. The number of H-pyrrole nitrogens is 1. The number of amides is 1. The van der Waals surface area contributed by atoms with Gasteiger partial charge in [0.25, 0.3) is 11.5 Å². The first-order valence-electron chi connectivity index (χ1n) is 8.14. The first-order valence-corrected chi connectivity index (χ1v) is 9.72. The fraction of sp³-hybridized carbons (Fsp3) is 0.222. The zero-order valence-electron chi connectivity index (χ0n) is 14.9. The highest BCUT2D eigenvalue weighted by molar-refractivity contribution is 7.18. The number of hydrogen-bond donors (Lipinski definition) is 2. The molecule has 0 spiro atoms. The van der Waals surface area contributed by atoms with Crippen LogP contribution in [-0.2, 0) is 16.1 Å². The molecule has 0 saturated carbocycles. The molecule has 0 aliphatic carbocycles. The Morgan fingerprint density at radius 3 is 2.61 bits per heavy atom. The molecule has 7 nitrogen and oxygen atoms in total. The van der Waals surface area contributed by atoms with E-state index in [0.29, 0.717) is 10.2 Å². The normalized spacial score (nSPS) is 10.9. The van der Waals surface area contributed by atoms with Crippen LogP contribution in [0.5, 0.6) is 0 Å². The number of aromatic nitrogens is 2. The Labute approximate surface area is 173 Å². The Morgan fingerprint density at radius 2 is 1.93 bits per heavy atom. The van der Waals surface area contributed by atoms with Gasteiger partial charge in [-0.15, -0.1) is 11.3 Å². The van der Waals surface area contributed by atoms with E-state index >= 15 is 0 Å². The van der Waals surface area contributed by atoms with Gasteiger partial charge in [-0.1, -0.05) is 29.3 Å². The van der Waals surface area contributed by atoms with Crippen LogP contribution in [0.1, 0.15) is 26.6 Å². The quantitative estimate of drug-likeness (QED) is 0.593. The topological polar surface area (TPSA) is 101 Å². The fourth-order valence-corrected chi connectivity index (χ4v) is 4.14. The van der Waals surface area contributed by atoms with Crippen molar-refractivity contribution in [2.45, 2.75) is 20.5 Å². The van der Waals surface area contributed by atoms with Crippen molar-refractivity contribution in [3.63, 3.8) is 0 Å². The fourth-order valence-electron chi connectivity index (χ4n) is 2.52. The summed E-state index contributed by atoms with van der Waals surface area (Å²) in [6.45, 7) is 3.17. The Hall–Kier alpha value is -2.42. The number of ether oxygens (including phenoxy) is 1. The molecular formula is C18H15Cl2N3O4S. The molecule has 10 heteroatoms. The molecule has 0 fully saturated rings. The van der Waals surface area contributed by atoms with Crippen molar-refractivity contribution in [3.8, 4) is 0 Å². The average molecular weight is 440 g/mol. The van der Waals surface area contributed by atoms with Gasteiger partial charge in [-0.05, 0) is 31.5 Å². The number of aromatic amines is 1. The van der Waals surface area contributed by atoms with Crippen LogP contribution >= 0.6 is 34.5 Å². The van der Waals surface area contributed by atoms with E-state index < -0.39 is 11.9 Å². The van der Waals surface area contributed by atoms with Gasteiger partial charge in [0.05, 0.1) is 21.0 Å². The Kier molecular flexibility index (Phi) is 6.02. The second-order valence-electron chi connectivity index (χ2n) is 5.92. The molecule has 0 atom stereocenters. The zero-order chi connectivity index (χ0) is 20.4. The number of esters is 1. The van der Waals surface area contributed by atoms with Crippen LogP contribution in [0, 0.1) is 13.8 Å². The highest BCUT2D eigenvalue weighted by atomic mass is 35.5. The summed E-state index contributed by atoms with van der Waals surface area (Å²) >= 11 is 13.3. The summed E-state index contributed by atoms with van der Waals surface area (Å²) in [4.78, 5) is 44.8. The molecule has 0 aliphatic heterocycles. The van der Waals surface area contributed by atoms with E-state index in [1.54, 1.807) is 6.07 Å². The Bertz CT molecular complexity index is 1120. The predicted octanol–water partition coefficient (Wildman–Crippen LogP) is 3.38. The van der Waals surface area contributed by atoms with Gasteiger partial charge in [0, 0.05) is 4.88 Å². The number of nitrogens with zero attached hydrogens (tertiary/aromatic N) is 1. The summed E-state index contributed by atoms with van der Waals surface area (Å²) in [5.41, 5.74) is 0.691. The number of hydrogen-bond acceptors (Lipinski definition) is 6. The zero-order valence-corrected chi connectivity index (χ0v) is 17.2. The molecule has 1 amide bonds. The molecule has 0 unspecified atom stereocenters. The summed E-state index contributed by atoms with van der Waals surface area (Å²) in [7, 11) is 0. The summed E-state index contributed by atoms with van der Waals surface area (Å²) < 4.78 is 5.07. The molecule has 2 aromatic heterocycles. The maximum atomic E-state index is 12.2. The number of rotatable bonds is 5. The van der Waals surface area contributed by atoms with Crippen LogP contribution in [0.2, 0.25) is 10.0 Å². The summed E-state index contributed by atoms with van der Waals surface area (Å²) in [5.74, 6) is -1.06. The van der Waals surface area contributed by atoms with Crippen LogP contribution in [0.25, 0.3) is 10.2 Å². The Balaban J connectivity index is 1.61. The number of carbonyl (C=O) groups excluding carboxylic acids is 2. The largest absolute Gasteiger partial charge is 0.456 e. The lowest BCUT2D eigenvalue weighted by Gasteiger charge is -2.08. The SMILES string of the molecule is Cc1sc2nc(COC(=O)CNC(=O)c3c(Cl)cccc3Cl)[nH]c(=O)c2c1C. The van der Waals surface area contributed by atoms with Gasteiger partial charge in [0.15, 0.2) is 0 Å². The minimum Gasteiger partial charge on any atom is -0.456 e. The van der Waals surface area contributed by atoms with Crippen molar-refractivity contribution in [1.29, 1.82) is 0 Å². The number of benzene rings is 1. The van der Waals surface area contributed by atoms with Gasteiger partial charge in [-0.3, -0.25) is 14.4 Å². The third-order valence-electron chi connectivity index (χ3n) is 4.04. The van der Waals surface area contributed by atoms with Crippen molar-refractivity contribution in [3.05, 3.63) is 60.4 Å². The maximum absolute atomic E-state index is 12.2. The number of nitrogens with one attached hydrogen (secondary N) is 2. The molecule has 0 saturated heterocycles. The average Bonchev–Trinajstić information content (AvgIpc) is 2.92. The van der Waals surface area contributed by atoms with E-state index in [-0.39, 0.29) is 40.1 Å². The molecule has 0 radical (unpaired) electrons. The van der Waals surface area contributed by atoms with Crippen LogP contribution in [-0.4, -0.2) is 28.4 Å². The third kappa shape index (κ3) is 4.19. The molecule has 146 valence electrons. The van der Waals surface area contributed by atoms with Crippen LogP contribution < -0.4 is 10.9 Å². The molecule has 2 heterocycles. The van der Waals surface area contributed by atoms with E-state index in [9.17, 15) is 14.4 Å². The molecule has 0 bridgehead atoms. The van der Waals surface area contributed by atoms with Gasteiger partial charge in [-0.25, -0.2) is 4.98 Å². The van der Waals surface area contributed by atoms with Crippen molar-refractivity contribution in [2.75, 3.05) is 6.54 Å². The van der Waals surface area contributed by atoms with Gasteiger partial charge < -0.3 is 15.0 Å². The van der Waals surface area contributed by atoms with Crippen molar-refractivity contribution >= 4 is 56.6 Å². The monoisotopic (exact) mass is 439 g/mol. The van der Waals surface area contributed by atoms with E-state index in [0.717, 1.165) is 10.4 Å². The van der Waals surface area contributed by atoms with E-state index in [2.05, 4.69) is 15.3 Å². The second kappa shape index (κ2) is 8.30. The second-order valence-corrected chi connectivity index (χ2v) is 7.93. The molecule has 2 N–H and O–H groups in total. The lowest BCUT2D eigenvalue weighted by Crippen LogP contribution is -2.31. The molecular weight excluding hydrogens is 425 g/mol. The summed E-state index contributed by atoms with van der Waals surface area (Å²) in [6, 6.07) is 4.65. The first kappa shape index (κ1) is 20.3. The molecule has 0 aliphatic rings. The van der Waals surface area contributed by atoms with Gasteiger partial charge in [-0.2, -0.15) is 0 Å². The highest BCUT2D eigenvalue weighted by Crippen LogP contribution is 2.26. The van der Waals surface area contributed by atoms with Crippen LogP contribution in [0.15, 0.2) is 23.0 Å². The summed E-state index contributed by atoms with van der Waals surface area (Å²) in [5, 5.41) is 3.29. The van der Waals surface area contributed by atoms with Crippen LogP contribution in [0.3, 0.4) is 0 Å². The molecule has 3 aromatic rings. The van der Waals surface area contributed by atoms with Crippen LogP contribution in [0.4, 0.5) is 0 Å². The highest BCUT2D eigenvalue weighted by Gasteiger charge is 2.16. The molecule has 1 aromatic carbocycles. The van der Waals surface area contributed by atoms with Gasteiger partial charge >= 0.3 is 5.97 Å². The lowest BCUT2D eigenvalue weighted by atomic mass is 10.2. The van der Waals surface area contributed by atoms with Crippen molar-refractivity contribution < 1.29 is 14.3 Å². The van der Waals surface area contributed by atoms with Crippen molar-refractivity contribution in [2.24, 2.45) is 0 Å².